The Bertz CT molecular complexity index is 1330. The lowest BCUT2D eigenvalue weighted by atomic mass is 9.96. The molecule has 1 aromatic carbocycles. The SMILES string of the molecule is O=C(Nc1cc(N2CCN(c3ccccc3)CC2)ncn1)C1CCN(c2ccc(-c3ccco3)nn2)CC1. The molecule has 6 rings (SSSR count). The number of rotatable bonds is 6. The average Bonchev–Trinajstić information content (AvgIpc) is 3.53. The summed E-state index contributed by atoms with van der Waals surface area (Å²) in [5.74, 6) is 2.83. The number of piperidine rings is 1. The first-order valence-electron chi connectivity index (χ1n) is 13.0. The molecule has 1 amide bonds. The van der Waals surface area contributed by atoms with Crippen LogP contribution in [0.15, 0.2) is 77.7 Å². The number of nitrogens with one attached hydrogen (secondary N) is 1. The Balaban J connectivity index is 1.01. The first-order valence-corrected chi connectivity index (χ1v) is 13.0. The standard InChI is InChI=1S/C28H30N8O2/c37-28(21-10-12-35(13-11-21)26-9-8-23(32-33-26)24-7-4-18-38-24)31-25-19-27(30-20-29-25)36-16-14-34(15-17-36)22-5-2-1-3-6-22/h1-9,18-21H,10-17H2,(H,29,30,31,37). The number of carbonyl (C=O) groups excluding carboxylic acids is 1. The van der Waals surface area contributed by atoms with Crippen molar-refractivity contribution in [2.45, 2.75) is 12.8 Å². The lowest BCUT2D eigenvalue weighted by Gasteiger charge is -2.36. The number of carbonyl (C=O) groups is 1. The third-order valence-electron chi connectivity index (χ3n) is 7.24. The Morgan fingerprint density at radius 1 is 0.789 bits per heavy atom. The van der Waals surface area contributed by atoms with Crippen molar-refractivity contribution in [3.05, 3.63) is 73.3 Å². The molecular formula is C28H30N8O2. The molecule has 2 fully saturated rings. The highest BCUT2D eigenvalue weighted by Gasteiger charge is 2.27. The van der Waals surface area contributed by atoms with E-state index in [4.69, 9.17) is 4.42 Å². The van der Waals surface area contributed by atoms with Gasteiger partial charge in [-0.25, -0.2) is 9.97 Å². The molecule has 3 aromatic heterocycles. The largest absolute Gasteiger partial charge is 0.463 e. The molecule has 10 nitrogen and oxygen atoms in total. The van der Waals surface area contributed by atoms with Crippen molar-refractivity contribution >= 4 is 29.0 Å². The second-order valence-corrected chi connectivity index (χ2v) is 9.58. The molecular weight excluding hydrogens is 480 g/mol. The number of benzene rings is 1. The molecule has 0 aliphatic carbocycles. The summed E-state index contributed by atoms with van der Waals surface area (Å²) in [4.78, 5) is 28.6. The summed E-state index contributed by atoms with van der Waals surface area (Å²) in [6.07, 6.45) is 4.64. The topological polar surface area (TPSA) is 104 Å². The third-order valence-corrected chi connectivity index (χ3v) is 7.24. The second-order valence-electron chi connectivity index (χ2n) is 9.58. The van der Waals surface area contributed by atoms with Crippen LogP contribution in [0.1, 0.15) is 12.8 Å². The van der Waals surface area contributed by atoms with Gasteiger partial charge in [-0.3, -0.25) is 4.79 Å². The molecule has 194 valence electrons. The van der Waals surface area contributed by atoms with Gasteiger partial charge in [0.05, 0.1) is 6.26 Å². The number of anilines is 4. The summed E-state index contributed by atoms with van der Waals surface area (Å²) in [6, 6.07) is 19.9. The predicted molar refractivity (Wildman–Crippen MR) is 146 cm³/mol. The minimum absolute atomic E-state index is 0.00227. The van der Waals surface area contributed by atoms with Crippen LogP contribution in [0.25, 0.3) is 11.5 Å². The van der Waals surface area contributed by atoms with E-state index < -0.39 is 0 Å². The van der Waals surface area contributed by atoms with Gasteiger partial charge in [-0.05, 0) is 49.2 Å². The van der Waals surface area contributed by atoms with E-state index in [0.717, 1.165) is 63.7 Å². The van der Waals surface area contributed by atoms with Crippen LogP contribution in [-0.4, -0.2) is 65.3 Å². The molecule has 1 N–H and O–H groups in total. The zero-order valence-corrected chi connectivity index (χ0v) is 21.1. The van der Waals surface area contributed by atoms with Gasteiger partial charge in [-0.1, -0.05) is 18.2 Å². The van der Waals surface area contributed by atoms with Crippen molar-refractivity contribution in [3.63, 3.8) is 0 Å². The normalized spacial score (nSPS) is 16.5. The van der Waals surface area contributed by atoms with Gasteiger partial charge in [0, 0.05) is 56.9 Å². The fraction of sp³-hybridized carbons (Fsp3) is 0.321. The zero-order valence-electron chi connectivity index (χ0n) is 21.1. The third kappa shape index (κ3) is 5.29. The van der Waals surface area contributed by atoms with Gasteiger partial charge in [-0.15, -0.1) is 10.2 Å². The fourth-order valence-electron chi connectivity index (χ4n) is 5.07. The number of aromatic nitrogens is 4. The van der Waals surface area contributed by atoms with E-state index in [9.17, 15) is 4.79 Å². The van der Waals surface area contributed by atoms with Crippen molar-refractivity contribution in [2.75, 3.05) is 59.3 Å². The molecule has 0 radical (unpaired) electrons. The van der Waals surface area contributed by atoms with Crippen LogP contribution < -0.4 is 20.0 Å². The van der Waals surface area contributed by atoms with Gasteiger partial charge in [0.15, 0.2) is 11.6 Å². The van der Waals surface area contributed by atoms with Crippen molar-refractivity contribution in [1.29, 1.82) is 0 Å². The summed E-state index contributed by atoms with van der Waals surface area (Å²) in [7, 11) is 0. The van der Waals surface area contributed by atoms with Gasteiger partial charge in [0.1, 0.15) is 23.7 Å². The molecule has 0 saturated carbocycles. The summed E-state index contributed by atoms with van der Waals surface area (Å²) in [5.41, 5.74) is 1.95. The molecule has 0 unspecified atom stereocenters. The monoisotopic (exact) mass is 510 g/mol. The van der Waals surface area contributed by atoms with E-state index >= 15 is 0 Å². The van der Waals surface area contributed by atoms with Crippen molar-refractivity contribution in [2.24, 2.45) is 5.92 Å². The van der Waals surface area contributed by atoms with E-state index in [1.54, 1.807) is 6.26 Å². The Hall–Kier alpha value is -4.47. The number of furan rings is 1. The van der Waals surface area contributed by atoms with Crippen LogP contribution in [0.2, 0.25) is 0 Å². The average molecular weight is 511 g/mol. The van der Waals surface area contributed by atoms with E-state index in [1.165, 1.54) is 12.0 Å². The molecule has 0 bridgehead atoms. The second kappa shape index (κ2) is 10.9. The lowest BCUT2D eigenvalue weighted by Crippen LogP contribution is -2.46. The van der Waals surface area contributed by atoms with Crippen LogP contribution in [0, 0.1) is 5.92 Å². The van der Waals surface area contributed by atoms with Gasteiger partial charge in [0.2, 0.25) is 5.91 Å². The first kappa shape index (κ1) is 23.9. The zero-order chi connectivity index (χ0) is 25.7. The molecule has 2 aliphatic heterocycles. The van der Waals surface area contributed by atoms with Crippen LogP contribution in [0.5, 0.6) is 0 Å². The number of para-hydroxylation sites is 1. The number of piperazine rings is 1. The van der Waals surface area contributed by atoms with E-state index in [0.29, 0.717) is 17.3 Å². The Morgan fingerprint density at radius 2 is 1.55 bits per heavy atom. The maximum atomic E-state index is 13.0. The number of nitrogens with zero attached hydrogens (tertiary/aromatic N) is 7. The van der Waals surface area contributed by atoms with Crippen LogP contribution in [0.3, 0.4) is 0 Å². The van der Waals surface area contributed by atoms with Crippen molar-refractivity contribution in [3.8, 4) is 11.5 Å². The number of amides is 1. The highest BCUT2D eigenvalue weighted by atomic mass is 16.3. The molecule has 4 aromatic rings. The fourth-order valence-corrected chi connectivity index (χ4v) is 5.07. The maximum Gasteiger partial charge on any atom is 0.228 e. The summed E-state index contributed by atoms with van der Waals surface area (Å²) in [6.45, 7) is 5.06. The van der Waals surface area contributed by atoms with Crippen molar-refractivity contribution < 1.29 is 9.21 Å². The van der Waals surface area contributed by atoms with Gasteiger partial charge in [-0.2, -0.15) is 0 Å². The lowest BCUT2D eigenvalue weighted by molar-refractivity contribution is -0.120. The summed E-state index contributed by atoms with van der Waals surface area (Å²) in [5, 5.41) is 11.7. The van der Waals surface area contributed by atoms with E-state index in [2.05, 4.69) is 64.4 Å². The highest BCUT2D eigenvalue weighted by molar-refractivity contribution is 5.92. The van der Waals surface area contributed by atoms with E-state index in [1.807, 2.05) is 36.4 Å². The quantitative estimate of drug-likeness (QED) is 0.416. The molecule has 2 aliphatic rings. The highest BCUT2D eigenvalue weighted by Crippen LogP contribution is 2.25. The predicted octanol–water partition coefficient (Wildman–Crippen LogP) is 3.71. The Morgan fingerprint density at radius 3 is 2.26 bits per heavy atom. The van der Waals surface area contributed by atoms with Gasteiger partial charge < -0.3 is 24.4 Å². The smallest absolute Gasteiger partial charge is 0.228 e. The molecule has 2 saturated heterocycles. The van der Waals surface area contributed by atoms with Crippen molar-refractivity contribution in [1.82, 2.24) is 20.2 Å². The molecule has 0 atom stereocenters. The number of hydrogen-bond acceptors (Lipinski definition) is 9. The van der Waals surface area contributed by atoms with Gasteiger partial charge >= 0.3 is 0 Å². The summed E-state index contributed by atoms with van der Waals surface area (Å²) < 4.78 is 5.38. The summed E-state index contributed by atoms with van der Waals surface area (Å²) >= 11 is 0. The Kier molecular flexibility index (Phi) is 6.84. The first-order chi connectivity index (χ1) is 18.7. The number of hydrogen-bond donors (Lipinski definition) is 1. The minimum Gasteiger partial charge on any atom is -0.463 e. The molecule has 38 heavy (non-hydrogen) atoms. The van der Waals surface area contributed by atoms with Crippen LogP contribution >= 0.6 is 0 Å². The van der Waals surface area contributed by atoms with Crippen LogP contribution in [0.4, 0.5) is 23.1 Å². The molecule has 0 spiro atoms. The molecule has 5 heterocycles. The molecule has 10 heteroatoms. The van der Waals surface area contributed by atoms with Gasteiger partial charge in [0.25, 0.3) is 0 Å². The Labute approximate surface area is 221 Å². The minimum atomic E-state index is -0.0746. The maximum absolute atomic E-state index is 13.0. The van der Waals surface area contributed by atoms with E-state index in [-0.39, 0.29) is 11.8 Å². The van der Waals surface area contributed by atoms with Crippen LogP contribution in [-0.2, 0) is 4.79 Å².